The lowest BCUT2D eigenvalue weighted by Gasteiger charge is -2.36. The molecule has 4 atom stereocenters. The molecule has 222 valence electrons. The largest absolute Gasteiger partial charge is 0.473 e. The third-order valence-electron chi connectivity index (χ3n) is 9.08. The molecule has 0 radical (unpaired) electrons. The molecule has 4 aliphatic rings. The minimum atomic E-state index is -1.71. The number of ether oxygens (including phenoxy) is 1. The maximum atomic E-state index is 14.3. The van der Waals surface area contributed by atoms with Crippen molar-refractivity contribution in [3.63, 3.8) is 0 Å². The monoisotopic (exact) mass is 581 g/mol. The Morgan fingerprint density at radius 2 is 1.90 bits per heavy atom. The van der Waals surface area contributed by atoms with Gasteiger partial charge in [0.25, 0.3) is 5.91 Å². The van der Waals surface area contributed by atoms with E-state index in [9.17, 15) is 28.4 Å². The number of rotatable bonds is 8. The predicted octanol–water partition coefficient (Wildman–Crippen LogP) is 3.04. The maximum Gasteiger partial charge on any atom is 0.270 e. The Bertz CT molecular complexity index is 1500. The number of carbonyl (C=O) groups excluding carboxylic acids is 3. The van der Waals surface area contributed by atoms with Crippen LogP contribution in [0.1, 0.15) is 62.4 Å². The number of nitriles is 1. The topological polar surface area (TPSA) is 133 Å². The second-order valence-electron chi connectivity index (χ2n) is 12.2. The highest BCUT2D eigenvalue weighted by Gasteiger charge is 2.57. The van der Waals surface area contributed by atoms with Crippen LogP contribution in [0.15, 0.2) is 12.1 Å². The van der Waals surface area contributed by atoms with Crippen LogP contribution in [0.25, 0.3) is 0 Å². The molecule has 3 amide bonds. The third-order valence-corrected chi connectivity index (χ3v) is 9.08. The minimum absolute atomic E-state index is 0.186. The molecule has 2 aromatic rings. The van der Waals surface area contributed by atoms with Crippen LogP contribution in [0.4, 0.5) is 14.5 Å². The SMILES string of the molecule is Cc1nnn(C(CC2CC2)C(=O)N(C)[C@@H](CC2CC2)C(=O)N2C[C@@]3(C[C@H]2C#N)Oc2cc(F)cc(F)c2NC3=O)c1C. The number of fused-ring (bicyclic) bond motifs is 1. The molecule has 1 unspecified atom stereocenters. The molecule has 1 aromatic carbocycles. The van der Waals surface area contributed by atoms with Gasteiger partial charge in [-0.3, -0.25) is 14.4 Å². The number of hydrogen-bond donors (Lipinski definition) is 1. The molecule has 13 heteroatoms. The van der Waals surface area contributed by atoms with Gasteiger partial charge in [0.05, 0.1) is 24.0 Å². The van der Waals surface area contributed by atoms with Crippen molar-refractivity contribution in [2.75, 3.05) is 18.9 Å². The summed E-state index contributed by atoms with van der Waals surface area (Å²) in [7, 11) is 1.60. The van der Waals surface area contributed by atoms with Gasteiger partial charge >= 0.3 is 0 Å². The van der Waals surface area contributed by atoms with Gasteiger partial charge in [0.15, 0.2) is 11.6 Å². The fourth-order valence-electron chi connectivity index (χ4n) is 6.06. The minimum Gasteiger partial charge on any atom is -0.473 e. The van der Waals surface area contributed by atoms with E-state index in [1.807, 2.05) is 13.8 Å². The second-order valence-corrected chi connectivity index (χ2v) is 12.2. The van der Waals surface area contributed by atoms with E-state index >= 15 is 0 Å². The van der Waals surface area contributed by atoms with E-state index in [4.69, 9.17) is 4.74 Å². The molecule has 2 aliphatic heterocycles. The molecular weight excluding hydrogens is 548 g/mol. The quantitative estimate of drug-likeness (QED) is 0.507. The van der Waals surface area contributed by atoms with Crippen molar-refractivity contribution >= 4 is 23.4 Å². The van der Waals surface area contributed by atoms with Crippen LogP contribution >= 0.6 is 0 Å². The van der Waals surface area contributed by atoms with Gasteiger partial charge in [-0.1, -0.05) is 30.9 Å². The summed E-state index contributed by atoms with van der Waals surface area (Å²) in [5.74, 6) is -2.87. The third kappa shape index (κ3) is 4.97. The zero-order valence-corrected chi connectivity index (χ0v) is 23.8. The number of likely N-dealkylation sites (tertiary alicyclic amines) is 1. The second kappa shape index (κ2) is 10.3. The lowest BCUT2D eigenvalue weighted by Crippen LogP contribution is -2.56. The van der Waals surface area contributed by atoms with E-state index in [1.165, 1.54) is 9.80 Å². The van der Waals surface area contributed by atoms with Crippen molar-refractivity contribution in [3.8, 4) is 11.8 Å². The number of nitrogens with one attached hydrogen (secondary N) is 1. The van der Waals surface area contributed by atoms with Crippen molar-refractivity contribution in [2.24, 2.45) is 11.8 Å². The average Bonchev–Trinajstić information content (AvgIpc) is 3.89. The molecule has 1 saturated heterocycles. The summed E-state index contributed by atoms with van der Waals surface area (Å²) in [6.07, 6.45) is 4.75. The fraction of sp³-hybridized carbons (Fsp3) is 0.586. The van der Waals surface area contributed by atoms with E-state index in [-0.39, 0.29) is 36.2 Å². The molecule has 1 spiro atoms. The number of carbonyl (C=O) groups is 3. The van der Waals surface area contributed by atoms with Gasteiger partial charge in [0.1, 0.15) is 29.6 Å². The van der Waals surface area contributed by atoms with Crippen LogP contribution in [0.3, 0.4) is 0 Å². The Hall–Kier alpha value is -4.08. The van der Waals surface area contributed by atoms with Crippen LogP contribution in [0.2, 0.25) is 0 Å². The first-order valence-electron chi connectivity index (χ1n) is 14.4. The zero-order valence-electron chi connectivity index (χ0n) is 23.8. The van der Waals surface area contributed by atoms with Gasteiger partial charge in [-0.05, 0) is 38.5 Å². The summed E-state index contributed by atoms with van der Waals surface area (Å²) in [6, 6.07) is 1.14. The van der Waals surface area contributed by atoms with E-state index in [1.54, 1.807) is 11.7 Å². The Balaban J connectivity index is 1.28. The first-order chi connectivity index (χ1) is 20.0. The molecule has 3 heterocycles. The van der Waals surface area contributed by atoms with Gasteiger partial charge < -0.3 is 19.9 Å². The summed E-state index contributed by atoms with van der Waals surface area (Å²) in [6.45, 7) is 3.39. The van der Waals surface area contributed by atoms with Gasteiger partial charge in [-0.2, -0.15) is 5.26 Å². The number of amides is 3. The fourth-order valence-corrected chi connectivity index (χ4v) is 6.06. The number of nitrogens with zero attached hydrogens (tertiary/aromatic N) is 6. The average molecular weight is 582 g/mol. The molecule has 2 aliphatic carbocycles. The number of aromatic nitrogens is 3. The molecule has 1 N–H and O–H groups in total. The summed E-state index contributed by atoms with van der Waals surface area (Å²) in [5.41, 5.74) is -0.488. The molecular formula is C29H33F2N7O4. The summed E-state index contributed by atoms with van der Waals surface area (Å²) in [5, 5.41) is 20.8. The lowest BCUT2D eigenvalue weighted by atomic mass is 9.97. The van der Waals surface area contributed by atoms with Crippen molar-refractivity contribution in [3.05, 3.63) is 35.2 Å². The van der Waals surface area contributed by atoms with E-state index in [0.29, 0.717) is 24.8 Å². The zero-order chi connectivity index (χ0) is 29.9. The first kappa shape index (κ1) is 28.1. The summed E-state index contributed by atoms with van der Waals surface area (Å²) < 4.78 is 35.8. The Morgan fingerprint density at radius 3 is 2.52 bits per heavy atom. The van der Waals surface area contributed by atoms with E-state index in [2.05, 4.69) is 21.7 Å². The van der Waals surface area contributed by atoms with Gasteiger partial charge in [-0.15, -0.1) is 5.10 Å². The van der Waals surface area contributed by atoms with Crippen LogP contribution in [-0.2, 0) is 14.4 Å². The molecule has 1 aromatic heterocycles. The lowest BCUT2D eigenvalue weighted by molar-refractivity contribution is -0.148. The standard InChI is InChI=1S/C29H33F2N7O4/c1-15-16(2)38(35-34-15)23(9-18-6-7-18)26(39)36(3)22(8-17-4-5-17)27(40)37-14-29(12-20(37)13-32)28(41)33-25-21(31)10-19(30)11-24(25)42-29/h10-11,17-18,20,22-23H,4-9,12,14H2,1-3H3,(H,33,41)/t20-,22-,23?,29+/m0/s1. The van der Waals surface area contributed by atoms with Crippen molar-refractivity contribution in [1.29, 1.82) is 5.26 Å². The van der Waals surface area contributed by atoms with Crippen LogP contribution in [0, 0.1) is 48.6 Å². The van der Waals surface area contributed by atoms with Crippen molar-refractivity contribution in [2.45, 2.75) is 82.5 Å². The Morgan fingerprint density at radius 1 is 1.21 bits per heavy atom. The molecule has 3 fully saturated rings. The van der Waals surface area contributed by atoms with E-state index < -0.39 is 47.2 Å². The predicted molar refractivity (Wildman–Crippen MR) is 144 cm³/mol. The molecule has 6 rings (SSSR count). The highest BCUT2D eigenvalue weighted by molar-refractivity contribution is 6.02. The highest BCUT2D eigenvalue weighted by atomic mass is 19.1. The van der Waals surface area contributed by atoms with Gasteiger partial charge in [0, 0.05) is 25.6 Å². The van der Waals surface area contributed by atoms with Crippen LogP contribution < -0.4 is 10.1 Å². The van der Waals surface area contributed by atoms with Crippen LogP contribution in [0.5, 0.6) is 5.75 Å². The van der Waals surface area contributed by atoms with Crippen molar-refractivity contribution in [1.82, 2.24) is 24.8 Å². The number of halogens is 2. The molecule has 11 nitrogen and oxygen atoms in total. The Labute approximate surface area is 241 Å². The Kier molecular flexibility index (Phi) is 6.90. The molecule has 0 bridgehead atoms. The smallest absolute Gasteiger partial charge is 0.270 e. The normalized spacial score (nSPS) is 24.4. The van der Waals surface area contributed by atoms with E-state index in [0.717, 1.165) is 43.1 Å². The molecule has 42 heavy (non-hydrogen) atoms. The van der Waals surface area contributed by atoms with Crippen molar-refractivity contribution < 1.29 is 27.9 Å². The first-order valence-corrected chi connectivity index (χ1v) is 14.4. The number of aryl methyl sites for hydroxylation is 1. The number of anilines is 1. The number of benzene rings is 1. The van der Waals surface area contributed by atoms with Gasteiger partial charge in [0.2, 0.25) is 17.4 Å². The highest BCUT2D eigenvalue weighted by Crippen LogP contribution is 2.43. The summed E-state index contributed by atoms with van der Waals surface area (Å²) in [4.78, 5) is 44.2. The van der Waals surface area contributed by atoms with Gasteiger partial charge in [-0.25, -0.2) is 13.5 Å². The summed E-state index contributed by atoms with van der Waals surface area (Å²) >= 11 is 0. The number of likely N-dealkylation sites (N-methyl/N-ethyl adjacent to an activating group) is 1. The number of hydrogen-bond acceptors (Lipinski definition) is 7. The van der Waals surface area contributed by atoms with Crippen LogP contribution in [-0.4, -0.2) is 73.8 Å². The maximum absolute atomic E-state index is 14.3. The molecule has 2 saturated carbocycles.